The molecule has 0 N–H and O–H groups in total. The molecule has 0 amide bonds. The Labute approximate surface area is 102 Å². The van der Waals surface area contributed by atoms with Crippen LogP contribution < -0.4 is 0 Å². The zero-order valence-corrected chi connectivity index (χ0v) is 10.2. The van der Waals surface area contributed by atoms with Crippen molar-refractivity contribution in [2.45, 2.75) is 38.1 Å². The number of nitrogens with zero attached hydrogens (tertiary/aromatic N) is 1. The van der Waals surface area contributed by atoms with E-state index in [0.29, 0.717) is 0 Å². The highest BCUT2D eigenvalue weighted by Gasteiger charge is 2.35. The molecule has 0 radical (unpaired) electrons. The van der Waals surface area contributed by atoms with Gasteiger partial charge in [0.1, 0.15) is 0 Å². The van der Waals surface area contributed by atoms with Crippen molar-refractivity contribution in [1.82, 2.24) is 0 Å². The number of benzene rings is 1. The van der Waals surface area contributed by atoms with Gasteiger partial charge in [-0.25, -0.2) is 4.79 Å². The highest BCUT2D eigenvalue weighted by Crippen LogP contribution is 2.42. The van der Waals surface area contributed by atoms with E-state index in [9.17, 15) is 4.79 Å². The zero-order valence-electron chi connectivity index (χ0n) is 10.2. The third kappa shape index (κ3) is 2.22. The molecule has 0 unspecified atom stereocenters. The normalized spacial score (nSPS) is 17.5. The van der Waals surface area contributed by atoms with Crippen LogP contribution in [-0.4, -0.2) is 6.08 Å². The molecule has 2 rings (SSSR count). The number of isocyanates is 1. The molecule has 1 aromatic rings. The third-order valence-corrected chi connectivity index (χ3v) is 3.58. The minimum absolute atomic E-state index is 0.326. The van der Waals surface area contributed by atoms with Gasteiger partial charge in [-0.1, -0.05) is 43.2 Å². The van der Waals surface area contributed by atoms with Crippen LogP contribution in [0.1, 0.15) is 43.7 Å². The van der Waals surface area contributed by atoms with Gasteiger partial charge in [0.05, 0.1) is 5.54 Å². The Morgan fingerprint density at radius 3 is 2.71 bits per heavy atom. The Morgan fingerprint density at radius 1 is 1.41 bits per heavy atom. The van der Waals surface area contributed by atoms with Crippen LogP contribution >= 0.6 is 0 Å². The van der Waals surface area contributed by atoms with E-state index in [-0.39, 0.29) is 5.54 Å². The van der Waals surface area contributed by atoms with Gasteiger partial charge in [0.2, 0.25) is 6.08 Å². The molecular weight excluding hydrogens is 210 g/mol. The molecular formula is C15H17NO. The van der Waals surface area contributed by atoms with Crippen LogP contribution in [0.4, 0.5) is 0 Å². The monoisotopic (exact) mass is 227 g/mol. The molecule has 0 bridgehead atoms. The third-order valence-electron chi connectivity index (χ3n) is 3.58. The van der Waals surface area contributed by atoms with Crippen molar-refractivity contribution in [2.75, 3.05) is 0 Å². The molecule has 17 heavy (non-hydrogen) atoms. The first-order chi connectivity index (χ1) is 8.18. The maximum absolute atomic E-state index is 10.6. The quantitative estimate of drug-likeness (QED) is 0.570. The van der Waals surface area contributed by atoms with Crippen LogP contribution in [0.15, 0.2) is 35.8 Å². The predicted octanol–water partition coefficient (Wildman–Crippen LogP) is 3.82. The highest BCUT2D eigenvalue weighted by atomic mass is 16.1. The minimum atomic E-state index is -0.326. The highest BCUT2D eigenvalue weighted by molar-refractivity contribution is 5.62. The lowest BCUT2D eigenvalue weighted by Crippen LogP contribution is -2.18. The molecule has 2 heteroatoms. The predicted molar refractivity (Wildman–Crippen MR) is 69.4 cm³/mol. The summed E-state index contributed by atoms with van der Waals surface area (Å²) in [5, 5.41) is 0. The summed E-state index contributed by atoms with van der Waals surface area (Å²) in [5.74, 6) is 0. The van der Waals surface area contributed by atoms with Gasteiger partial charge >= 0.3 is 0 Å². The summed E-state index contributed by atoms with van der Waals surface area (Å²) in [6, 6.07) is 8.21. The Bertz CT molecular complexity index is 477. The summed E-state index contributed by atoms with van der Waals surface area (Å²) in [4.78, 5) is 14.7. The van der Waals surface area contributed by atoms with E-state index in [1.54, 1.807) is 6.08 Å². The molecule has 1 saturated carbocycles. The van der Waals surface area contributed by atoms with Crippen LogP contribution in [0.2, 0.25) is 0 Å². The lowest BCUT2D eigenvalue weighted by Gasteiger charge is -2.23. The van der Waals surface area contributed by atoms with E-state index < -0.39 is 0 Å². The first-order valence-corrected chi connectivity index (χ1v) is 6.03. The number of rotatable bonds is 3. The lowest BCUT2D eigenvalue weighted by atomic mass is 9.87. The molecule has 0 saturated heterocycles. The molecule has 1 aliphatic rings. The Morgan fingerprint density at radius 2 is 2.12 bits per heavy atom. The van der Waals surface area contributed by atoms with Crippen LogP contribution in [0.25, 0.3) is 5.57 Å². The second-order valence-corrected chi connectivity index (χ2v) is 4.80. The van der Waals surface area contributed by atoms with E-state index in [2.05, 4.69) is 23.7 Å². The van der Waals surface area contributed by atoms with Gasteiger partial charge in [-0.2, -0.15) is 4.99 Å². The van der Waals surface area contributed by atoms with Crippen molar-refractivity contribution in [3.05, 3.63) is 42.0 Å². The van der Waals surface area contributed by atoms with E-state index in [1.165, 1.54) is 0 Å². The first kappa shape index (κ1) is 11.8. The first-order valence-electron chi connectivity index (χ1n) is 6.03. The number of carbonyl (C=O) groups excluding carboxylic acids is 1. The van der Waals surface area contributed by atoms with Gasteiger partial charge < -0.3 is 0 Å². The molecule has 0 aliphatic heterocycles. The average molecular weight is 227 g/mol. The molecule has 0 heterocycles. The van der Waals surface area contributed by atoms with E-state index in [1.807, 2.05) is 19.1 Å². The number of hydrogen-bond donors (Lipinski definition) is 0. The molecule has 88 valence electrons. The van der Waals surface area contributed by atoms with Gasteiger partial charge in [-0.15, -0.1) is 0 Å². The van der Waals surface area contributed by atoms with Crippen LogP contribution in [0.5, 0.6) is 0 Å². The van der Waals surface area contributed by atoms with Gasteiger partial charge in [0, 0.05) is 0 Å². The van der Waals surface area contributed by atoms with Crippen LogP contribution in [0, 0.1) is 0 Å². The molecule has 1 aliphatic carbocycles. The van der Waals surface area contributed by atoms with Crippen molar-refractivity contribution in [3.8, 4) is 0 Å². The van der Waals surface area contributed by atoms with Crippen molar-refractivity contribution >= 4 is 11.7 Å². The second-order valence-electron chi connectivity index (χ2n) is 4.80. The minimum Gasteiger partial charge on any atom is -0.211 e. The van der Waals surface area contributed by atoms with E-state index >= 15 is 0 Å². The zero-order chi connectivity index (χ0) is 12.3. The molecule has 1 fully saturated rings. The summed E-state index contributed by atoms with van der Waals surface area (Å²) >= 11 is 0. The largest absolute Gasteiger partial charge is 0.235 e. The Hall–Kier alpha value is -1.66. The van der Waals surface area contributed by atoms with Crippen LogP contribution in [0.3, 0.4) is 0 Å². The number of allylic oxidation sites excluding steroid dienone is 1. The SMILES string of the molecule is C=C(C)c1cccc(C2(N=C=O)CCCC2)c1. The average Bonchev–Trinajstić information content (AvgIpc) is 2.80. The van der Waals surface area contributed by atoms with Crippen molar-refractivity contribution < 1.29 is 4.79 Å². The summed E-state index contributed by atoms with van der Waals surface area (Å²) in [5.41, 5.74) is 2.96. The Balaban J connectivity index is 2.46. The van der Waals surface area contributed by atoms with Gasteiger partial charge in [0.15, 0.2) is 0 Å². The standard InChI is InChI=1S/C15H17NO/c1-12(2)13-6-5-7-14(10-13)15(16-11-17)8-3-4-9-15/h5-7,10H,1,3-4,8-9H2,2H3. The molecule has 1 aromatic carbocycles. The fraction of sp³-hybridized carbons (Fsp3) is 0.400. The molecule has 2 nitrogen and oxygen atoms in total. The summed E-state index contributed by atoms with van der Waals surface area (Å²) < 4.78 is 0. The molecule has 0 atom stereocenters. The number of hydrogen-bond acceptors (Lipinski definition) is 2. The van der Waals surface area contributed by atoms with Crippen LogP contribution in [-0.2, 0) is 10.3 Å². The van der Waals surface area contributed by atoms with Gasteiger partial charge in [-0.05, 0) is 37.0 Å². The van der Waals surface area contributed by atoms with Gasteiger partial charge in [-0.3, -0.25) is 0 Å². The summed E-state index contributed by atoms with van der Waals surface area (Å²) in [7, 11) is 0. The Kier molecular flexibility index (Phi) is 3.26. The van der Waals surface area contributed by atoms with E-state index in [0.717, 1.165) is 42.4 Å². The topological polar surface area (TPSA) is 29.4 Å². The summed E-state index contributed by atoms with van der Waals surface area (Å²) in [6.07, 6.45) is 5.90. The fourth-order valence-electron chi connectivity index (χ4n) is 2.59. The smallest absolute Gasteiger partial charge is 0.211 e. The molecule has 0 aromatic heterocycles. The van der Waals surface area contributed by atoms with Crippen molar-refractivity contribution in [3.63, 3.8) is 0 Å². The van der Waals surface area contributed by atoms with E-state index in [4.69, 9.17) is 0 Å². The summed E-state index contributed by atoms with van der Waals surface area (Å²) in [6.45, 7) is 5.94. The maximum atomic E-state index is 10.6. The maximum Gasteiger partial charge on any atom is 0.235 e. The lowest BCUT2D eigenvalue weighted by molar-refractivity contribution is 0.456. The van der Waals surface area contributed by atoms with Gasteiger partial charge in [0.25, 0.3) is 0 Å². The second kappa shape index (κ2) is 4.68. The van der Waals surface area contributed by atoms with Crippen molar-refractivity contribution in [1.29, 1.82) is 0 Å². The fourth-order valence-corrected chi connectivity index (χ4v) is 2.59. The molecule has 0 spiro atoms. The van der Waals surface area contributed by atoms with Crippen molar-refractivity contribution in [2.24, 2.45) is 4.99 Å². The number of aliphatic imine (C=N–C) groups is 1.